The fraction of sp³-hybridized carbons (Fsp3) is 0.270. The third kappa shape index (κ3) is 8.44. The normalized spacial score (nSPS) is 16.3. The number of halogens is 3. The molecule has 0 radical (unpaired) electrons. The number of nitrogens with one attached hydrogen (secondary N) is 2. The van der Waals surface area contributed by atoms with E-state index in [9.17, 15) is 22.4 Å². The van der Waals surface area contributed by atoms with Gasteiger partial charge in [0.2, 0.25) is 10.0 Å². The van der Waals surface area contributed by atoms with E-state index < -0.39 is 45.6 Å². The lowest BCUT2D eigenvalue weighted by Gasteiger charge is -2.35. The maximum Gasteiger partial charge on any atom is 0.596 e. The van der Waals surface area contributed by atoms with E-state index in [1.165, 1.54) is 34.6 Å². The van der Waals surface area contributed by atoms with Crippen molar-refractivity contribution in [1.29, 1.82) is 0 Å². The molecule has 50 heavy (non-hydrogen) atoms. The molecule has 0 bridgehead atoms. The third-order valence-electron chi connectivity index (χ3n) is 8.75. The highest BCUT2D eigenvalue weighted by atomic mass is 35.5. The molecule has 1 fully saturated rings. The zero-order chi connectivity index (χ0) is 35.8. The van der Waals surface area contributed by atoms with Crippen LogP contribution in [-0.2, 0) is 26.0 Å². The number of hydrogen-bond donors (Lipinski definition) is 2. The van der Waals surface area contributed by atoms with Crippen molar-refractivity contribution in [1.82, 2.24) is 9.62 Å². The van der Waals surface area contributed by atoms with E-state index in [2.05, 4.69) is 17.4 Å². The molecule has 2 amide bonds. The lowest BCUT2D eigenvalue weighted by Crippen LogP contribution is -2.53. The highest BCUT2D eigenvalue weighted by Crippen LogP contribution is 2.33. The first-order chi connectivity index (χ1) is 24.0. The van der Waals surface area contributed by atoms with Crippen LogP contribution in [0.4, 0.5) is 19.3 Å². The Balaban J connectivity index is 1.42. The Morgan fingerprint density at radius 1 is 1.02 bits per heavy atom. The fourth-order valence-corrected chi connectivity index (χ4v) is 8.12. The van der Waals surface area contributed by atoms with E-state index in [0.29, 0.717) is 48.6 Å². The lowest BCUT2D eigenvalue weighted by atomic mass is 9.84. The molecule has 1 aliphatic rings. The molecule has 262 valence electrons. The molecule has 3 unspecified atom stereocenters. The zero-order valence-corrected chi connectivity index (χ0v) is 29.0. The summed E-state index contributed by atoms with van der Waals surface area (Å²) >= 11 is 6.15. The average Bonchev–Trinajstić information content (AvgIpc) is 3.12. The van der Waals surface area contributed by atoms with Crippen LogP contribution in [0, 0.1) is 11.6 Å². The second-order valence-corrected chi connectivity index (χ2v) is 14.2. The SMILES string of the molecule is C=[N+](C(=O)OC)C(C(=O)Nc1cccc(F)c1CCCC1CNCCN1S(=O)(=O)c1ccccc1)C(c1ccc(Cl)cc1)c1cccc(F)c1. The maximum absolute atomic E-state index is 15.4. The number of amides is 2. The Morgan fingerprint density at radius 3 is 2.44 bits per heavy atom. The van der Waals surface area contributed by atoms with Gasteiger partial charge in [-0.1, -0.05) is 60.1 Å². The van der Waals surface area contributed by atoms with Crippen molar-refractivity contribution in [3.05, 3.63) is 130 Å². The summed E-state index contributed by atoms with van der Waals surface area (Å²) in [7, 11) is -2.60. The van der Waals surface area contributed by atoms with Crippen molar-refractivity contribution in [2.75, 3.05) is 32.1 Å². The first kappa shape index (κ1) is 36.8. The molecule has 5 rings (SSSR count). The summed E-state index contributed by atoms with van der Waals surface area (Å²) in [6.07, 6.45) is 0.0892. The Morgan fingerprint density at radius 2 is 1.74 bits per heavy atom. The first-order valence-electron chi connectivity index (χ1n) is 16.1. The highest BCUT2D eigenvalue weighted by molar-refractivity contribution is 7.89. The van der Waals surface area contributed by atoms with Crippen LogP contribution < -0.4 is 10.6 Å². The Labute approximate surface area is 295 Å². The summed E-state index contributed by atoms with van der Waals surface area (Å²) < 4.78 is 64.2. The molecule has 1 aliphatic heterocycles. The smallest absolute Gasteiger partial charge is 0.415 e. The van der Waals surface area contributed by atoms with Gasteiger partial charge < -0.3 is 15.4 Å². The van der Waals surface area contributed by atoms with Crippen LogP contribution in [0.2, 0.25) is 5.02 Å². The van der Waals surface area contributed by atoms with Crippen LogP contribution in [0.1, 0.15) is 35.4 Å². The molecule has 0 spiro atoms. The van der Waals surface area contributed by atoms with E-state index in [0.717, 1.165) is 11.7 Å². The number of hydrogen-bond acceptors (Lipinski definition) is 6. The van der Waals surface area contributed by atoms with Crippen molar-refractivity contribution < 1.29 is 36.1 Å². The number of piperazine rings is 1. The highest BCUT2D eigenvalue weighted by Gasteiger charge is 2.43. The van der Waals surface area contributed by atoms with E-state index in [4.69, 9.17) is 16.3 Å². The van der Waals surface area contributed by atoms with Crippen LogP contribution in [0.15, 0.2) is 102 Å². The quantitative estimate of drug-likeness (QED) is 0.133. The van der Waals surface area contributed by atoms with Gasteiger partial charge in [0, 0.05) is 41.9 Å². The van der Waals surface area contributed by atoms with Crippen LogP contribution in [0.5, 0.6) is 0 Å². The Hall–Kier alpha value is -4.49. The maximum atomic E-state index is 15.4. The summed E-state index contributed by atoms with van der Waals surface area (Å²) in [6, 6.07) is 23.0. The predicted molar refractivity (Wildman–Crippen MR) is 188 cm³/mol. The number of methoxy groups -OCH3 is 1. The van der Waals surface area contributed by atoms with Gasteiger partial charge in [-0.2, -0.15) is 9.10 Å². The van der Waals surface area contributed by atoms with Gasteiger partial charge in [-0.15, -0.1) is 4.58 Å². The molecule has 9 nitrogen and oxygen atoms in total. The minimum atomic E-state index is -3.74. The summed E-state index contributed by atoms with van der Waals surface area (Å²) in [5, 5.41) is 6.48. The number of nitrogens with zero attached hydrogens (tertiary/aromatic N) is 2. The van der Waals surface area contributed by atoms with Gasteiger partial charge in [-0.3, -0.25) is 4.79 Å². The lowest BCUT2D eigenvalue weighted by molar-refractivity contribution is -0.467. The minimum Gasteiger partial charge on any atom is -0.415 e. The van der Waals surface area contributed by atoms with Gasteiger partial charge in [0.05, 0.1) is 17.9 Å². The second kappa shape index (κ2) is 16.5. The predicted octanol–water partition coefficient (Wildman–Crippen LogP) is 6.22. The summed E-state index contributed by atoms with van der Waals surface area (Å²) in [5.41, 5.74) is 1.29. The number of ether oxygens (including phenoxy) is 1. The van der Waals surface area contributed by atoms with Crippen molar-refractivity contribution in [2.45, 2.75) is 42.2 Å². The Kier molecular flexibility index (Phi) is 12.1. The van der Waals surface area contributed by atoms with Gasteiger partial charge in [0.25, 0.3) is 11.9 Å². The topological polar surface area (TPSA) is 108 Å². The molecule has 4 aromatic carbocycles. The second-order valence-electron chi connectivity index (χ2n) is 11.9. The first-order valence-corrected chi connectivity index (χ1v) is 17.9. The van der Waals surface area contributed by atoms with E-state index >= 15 is 4.39 Å². The average molecular weight is 724 g/mol. The van der Waals surface area contributed by atoms with E-state index in [-0.39, 0.29) is 28.6 Å². The van der Waals surface area contributed by atoms with Crippen molar-refractivity contribution in [3.63, 3.8) is 0 Å². The number of sulfonamides is 1. The van der Waals surface area contributed by atoms with E-state index in [1.54, 1.807) is 66.7 Å². The Bertz CT molecular complexity index is 1950. The summed E-state index contributed by atoms with van der Waals surface area (Å²) in [4.78, 5) is 27.3. The summed E-state index contributed by atoms with van der Waals surface area (Å²) in [6.45, 7) is 5.06. The number of rotatable bonds is 12. The number of anilines is 1. The molecule has 3 atom stereocenters. The number of benzene rings is 4. The zero-order valence-electron chi connectivity index (χ0n) is 27.4. The molecule has 0 aromatic heterocycles. The van der Waals surface area contributed by atoms with Crippen molar-refractivity contribution in [2.24, 2.45) is 0 Å². The molecule has 1 saturated heterocycles. The largest absolute Gasteiger partial charge is 0.596 e. The van der Waals surface area contributed by atoms with Crippen LogP contribution in [0.3, 0.4) is 0 Å². The fourth-order valence-electron chi connectivity index (χ4n) is 6.31. The molecular formula is C37H38ClF2N4O5S+. The molecule has 1 heterocycles. The monoisotopic (exact) mass is 723 g/mol. The van der Waals surface area contributed by atoms with Crippen LogP contribution in [-0.4, -0.2) is 74.8 Å². The number of carbonyl (C=O) groups is 2. The van der Waals surface area contributed by atoms with Crippen LogP contribution in [0.25, 0.3) is 0 Å². The van der Waals surface area contributed by atoms with Crippen molar-refractivity contribution >= 4 is 46.0 Å². The van der Waals surface area contributed by atoms with Crippen molar-refractivity contribution in [3.8, 4) is 0 Å². The molecule has 4 aromatic rings. The van der Waals surface area contributed by atoms with Gasteiger partial charge in [-0.05, 0) is 78.9 Å². The van der Waals surface area contributed by atoms with Gasteiger partial charge in [0.15, 0.2) is 0 Å². The number of carbonyl (C=O) groups excluding carboxylic acids is 2. The van der Waals surface area contributed by atoms with Gasteiger partial charge in [-0.25, -0.2) is 17.2 Å². The molecule has 13 heteroatoms. The van der Waals surface area contributed by atoms with E-state index in [1.807, 2.05) is 0 Å². The summed E-state index contributed by atoms with van der Waals surface area (Å²) in [5.74, 6) is -2.77. The van der Waals surface area contributed by atoms with Gasteiger partial charge >= 0.3 is 6.09 Å². The molecular weight excluding hydrogens is 686 g/mol. The van der Waals surface area contributed by atoms with Gasteiger partial charge in [0.1, 0.15) is 18.4 Å². The standard InChI is InChI=1S/C37H37ClF2N4O5S/c1-43(37(46)49-2)35(34(25-17-19-27(38)20-18-25)26-9-6-10-28(39)23-26)36(45)42-33-16-8-15-32(40)31(33)14-7-11-29-24-41-21-22-44(29)50(47,48)30-12-4-3-5-13-30/h3-6,8-10,12-13,15-20,23,29,34-35,41H,1,7,11,14,21-22,24H2,2H3/p+1. The van der Waals surface area contributed by atoms with Crippen LogP contribution >= 0.6 is 11.6 Å². The molecule has 0 saturated carbocycles. The third-order valence-corrected chi connectivity index (χ3v) is 11.0. The molecule has 0 aliphatic carbocycles. The molecule has 2 N–H and O–H groups in total. The minimum absolute atomic E-state index is 0.169.